The maximum absolute atomic E-state index is 5.30. The molecule has 0 atom stereocenters. The van der Waals surface area contributed by atoms with Crippen molar-refractivity contribution < 1.29 is 4.42 Å². The fourth-order valence-electron chi connectivity index (χ4n) is 0.752. The molecule has 2 aromatic rings. The second-order valence-corrected chi connectivity index (χ2v) is 2.94. The zero-order valence-corrected chi connectivity index (χ0v) is 6.91. The van der Waals surface area contributed by atoms with Crippen LogP contribution in [0.2, 0.25) is 0 Å². The fourth-order valence-corrected chi connectivity index (χ4v) is 1.31. The Morgan fingerprint density at radius 1 is 1.50 bits per heavy atom. The number of hydrogen-bond donors (Lipinski definition) is 1. The molecule has 0 aromatic carbocycles. The van der Waals surface area contributed by atoms with Gasteiger partial charge in [-0.2, -0.15) is 0 Å². The zero-order chi connectivity index (χ0) is 8.39. The molecule has 0 aliphatic rings. The van der Waals surface area contributed by atoms with Crippen LogP contribution in [-0.2, 0) is 6.54 Å². The van der Waals surface area contributed by atoms with E-state index in [1.807, 2.05) is 5.38 Å². The molecule has 0 aliphatic carbocycles. The largest absolute Gasteiger partial charge is 0.417 e. The van der Waals surface area contributed by atoms with Crippen LogP contribution in [0.25, 0.3) is 10.9 Å². The Bertz CT molecular complexity index is 355. The van der Waals surface area contributed by atoms with Gasteiger partial charge in [0, 0.05) is 11.6 Å². The Hall–Kier alpha value is -1.27. The summed E-state index contributed by atoms with van der Waals surface area (Å²) in [5.41, 5.74) is 5.30. The normalized spacial score (nSPS) is 10.4. The molecule has 2 heterocycles. The number of nitrogens with zero attached hydrogens (tertiary/aromatic N) is 3. The molecule has 0 unspecified atom stereocenters. The molecular formula is C6H6N4OS. The van der Waals surface area contributed by atoms with E-state index in [4.69, 9.17) is 10.2 Å². The second kappa shape index (κ2) is 3.00. The van der Waals surface area contributed by atoms with E-state index in [0.29, 0.717) is 11.8 Å². The van der Waals surface area contributed by atoms with Crippen molar-refractivity contribution >= 4 is 11.3 Å². The van der Waals surface area contributed by atoms with E-state index in [2.05, 4.69) is 15.2 Å². The minimum absolute atomic E-state index is 0.262. The lowest BCUT2D eigenvalue weighted by atomic mass is 10.7. The van der Waals surface area contributed by atoms with Crippen LogP contribution >= 0.6 is 11.3 Å². The summed E-state index contributed by atoms with van der Waals surface area (Å²) in [6, 6.07) is 0. The summed E-state index contributed by atoms with van der Waals surface area (Å²) < 4.78 is 5.18. The smallest absolute Gasteiger partial charge is 0.276 e. The molecule has 0 bridgehead atoms. The molecule has 0 amide bonds. The van der Waals surface area contributed by atoms with E-state index in [1.165, 1.54) is 11.3 Å². The van der Waals surface area contributed by atoms with Gasteiger partial charge in [0.05, 0.1) is 6.54 Å². The molecule has 5 nitrogen and oxygen atoms in total. The van der Waals surface area contributed by atoms with Gasteiger partial charge in [-0.1, -0.05) is 0 Å². The van der Waals surface area contributed by atoms with Gasteiger partial charge in [-0.05, 0) is 0 Å². The van der Waals surface area contributed by atoms with Crippen LogP contribution in [-0.4, -0.2) is 15.2 Å². The van der Waals surface area contributed by atoms with Crippen LogP contribution in [0.4, 0.5) is 0 Å². The molecule has 2 N–H and O–H groups in total. The number of thiazole rings is 1. The predicted octanol–water partition coefficient (Wildman–Crippen LogP) is 0.652. The van der Waals surface area contributed by atoms with Gasteiger partial charge in [-0.3, -0.25) is 0 Å². The summed E-state index contributed by atoms with van der Waals surface area (Å²) in [6.07, 6.45) is 1.69. The minimum Gasteiger partial charge on any atom is -0.417 e. The highest BCUT2D eigenvalue weighted by Crippen LogP contribution is 2.19. The minimum atomic E-state index is 0.262. The van der Waals surface area contributed by atoms with E-state index in [-0.39, 0.29) is 6.54 Å². The molecule has 0 radical (unpaired) electrons. The van der Waals surface area contributed by atoms with Gasteiger partial charge < -0.3 is 10.2 Å². The van der Waals surface area contributed by atoms with Crippen LogP contribution in [0.5, 0.6) is 0 Å². The average Bonchev–Trinajstić information content (AvgIpc) is 2.75. The van der Waals surface area contributed by atoms with Gasteiger partial charge >= 0.3 is 0 Å². The number of nitrogens with two attached hydrogens (primary N) is 1. The molecule has 0 aliphatic heterocycles. The Labute approximate surface area is 72.3 Å². The third kappa shape index (κ3) is 1.21. The molecule has 12 heavy (non-hydrogen) atoms. The Balaban J connectivity index is 2.35. The topological polar surface area (TPSA) is 77.8 Å². The molecule has 2 aromatic heterocycles. The standard InChI is InChI=1S/C6H6N4OS/c7-3-4-9-10-5(11-4)6-8-1-2-12-6/h1-2H,3,7H2. The van der Waals surface area contributed by atoms with Crippen molar-refractivity contribution in [1.82, 2.24) is 15.2 Å². The molecule has 0 spiro atoms. The van der Waals surface area contributed by atoms with Crippen molar-refractivity contribution in [3.05, 3.63) is 17.5 Å². The lowest BCUT2D eigenvalue weighted by Crippen LogP contribution is -1.95. The lowest BCUT2D eigenvalue weighted by molar-refractivity contribution is 0.508. The van der Waals surface area contributed by atoms with Crippen molar-refractivity contribution in [3.8, 4) is 10.9 Å². The molecule has 62 valence electrons. The van der Waals surface area contributed by atoms with Crippen LogP contribution in [0.3, 0.4) is 0 Å². The number of rotatable bonds is 2. The average molecular weight is 182 g/mol. The molecule has 6 heteroatoms. The first-order valence-corrected chi connectivity index (χ1v) is 4.20. The Kier molecular flexibility index (Phi) is 1.84. The number of hydrogen-bond acceptors (Lipinski definition) is 6. The third-order valence-corrected chi connectivity index (χ3v) is 2.02. The van der Waals surface area contributed by atoms with Crippen molar-refractivity contribution in [2.45, 2.75) is 6.54 Å². The summed E-state index contributed by atoms with van der Waals surface area (Å²) in [5.74, 6) is 0.866. The molecule has 0 saturated carbocycles. The molecule has 2 rings (SSSR count). The first-order valence-electron chi connectivity index (χ1n) is 3.32. The van der Waals surface area contributed by atoms with Crippen LogP contribution in [0, 0.1) is 0 Å². The van der Waals surface area contributed by atoms with Gasteiger partial charge in [0.2, 0.25) is 5.89 Å². The molecule has 0 saturated heterocycles. The van der Waals surface area contributed by atoms with Crippen molar-refractivity contribution in [2.24, 2.45) is 5.73 Å². The molecular weight excluding hydrogens is 176 g/mol. The van der Waals surface area contributed by atoms with E-state index < -0.39 is 0 Å². The first-order chi connectivity index (χ1) is 5.90. The Morgan fingerprint density at radius 2 is 2.42 bits per heavy atom. The lowest BCUT2D eigenvalue weighted by Gasteiger charge is -1.83. The van der Waals surface area contributed by atoms with Crippen molar-refractivity contribution in [1.29, 1.82) is 0 Å². The quantitative estimate of drug-likeness (QED) is 0.737. The highest BCUT2D eigenvalue weighted by atomic mass is 32.1. The highest BCUT2D eigenvalue weighted by molar-refractivity contribution is 7.12. The van der Waals surface area contributed by atoms with Crippen LogP contribution in [0.1, 0.15) is 5.89 Å². The first kappa shape index (κ1) is 7.38. The highest BCUT2D eigenvalue weighted by Gasteiger charge is 2.08. The number of aromatic nitrogens is 3. The van der Waals surface area contributed by atoms with Crippen molar-refractivity contribution in [2.75, 3.05) is 0 Å². The second-order valence-electron chi connectivity index (χ2n) is 2.04. The monoisotopic (exact) mass is 182 g/mol. The van der Waals surface area contributed by atoms with Gasteiger partial charge in [-0.15, -0.1) is 21.5 Å². The van der Waals surface area contributed by atoms with Gasteiger partial charge in [-0.25, -0.2) is 4.98 Å². The summed E-state index contributed by atoms with van der Waals surface area (Å²) in [6.45, 7) is 0.262. The third-order valence-electron chi connectivity index (χ3n) is 1.26. The van der Waals surface area contributed by atoms with E-state index in [9.17, 15) is 0 Å². The summed E-state index contributed by atoms with van der Waals surface area (Å²) >= 11 is 1.45. The van der Waals surface area contributed by atoms with Gasteiger partial charge in [0.25, 0.3) is 5.89 Å². The van der Waals surface area contributed by atoms with E-state index >= 15 is 0 Å². The summed E-state index contributed by atoms with van der Waals surface area (Å²) in [5, 5.41) is 10.1. The predicted molar refractivity (Wildman–Crippen MR) is 43.3 cm³/mol. The van der Waals surface area contributed by atoms with Crippen LogP contribution in [0.15, 0.2) is 16.0 Å². The summed E-state index contributed by atoms with van der Waals surface area (Å²) in [4.78, 5) is 4.02. The van der Waals surface area contributed by atoms with Crippen molar-refractivity contribution in [3.63, 3.8) is 0 Å². The van der Waals surface area contributed by atoms with Gasteiger partial charge in [0.15, 0.2) is 5.01 Å². The van der Waals surface area contributed by atoms with E-state index in [1.54, 1.807) is 6.20 Å². The van der Waals surface area contributed by atoms with Crippen LogP contribution < -0.4 is 5.73 Å². The van der Waals surface area contributed by atoms with E-state index in [0.717, 1.165) is 5.01 Å². The summed E-state index contributed by atoms with van der Waals surface area (Å²) in [7, 11) is 0. The Morgan fingerprint density at radius 3 is 3.00 bits per heavy atom. The zero-order valence-electron chi connectivity index (χ0n) is 6.10. The molecule has 0 fully saturated rings. The van der Waals surface area contributed by atoms with Gasteiger partial charge in [0.1, 0.15) is 0 Å². The fraction of sp³-hybridized carbons (Fsp3) is 0.167. The maximum atomic E-state index is 5.30. The maximum Gasteiger partial charge on any atom is 0.276 e. The SMILES string of the molecule is NCc1nnc(-c2nccs2)o1.